The average molecular weight is 278 g/mol. The minimum atomic E-state index is -0.219. The summed E-state index contributed by atoms with van der Waals surface area (Å²) in [7, 11) is 0. The fourth-order valence-corrected chi connectivity index (χ4v) is 2.33. The van der Waals surface area contributed by atoms with Gasteiger partial charge in [0.15, 0.2) is 0 Å². The molecule has 1 amide bonds. The van der Waals surface area contributed by atoms with Crippen molar-refractivity contribution in [1.82, 2.24) is 4.90 Å². The first-order valence-electron chi connectivity index (χ1n) is 7.36. The lowest BCUT2D eigenvalue weighted by molar-refractivity contribution is -0.131. The third-order valence-electron chi connectivity index (χ3n) is 3.65. The minimum absolute atomic E-state index is 0.0585. The molecule has 20 heavy (non-hydrogen) atoms. The molecule has 0 radical (unpaired) electrons. The molecular formula is C16H23FN2O. The number of carbonyl (C=O) groups is 1. The van der Waals surface area contributed by atoms with Gasteiger partial charge in [0.1, 0.15) is 5.82 Å². The highest BCUT2D eigenvalue weighted by molar-refractivity contribution is 5.76. The zero-order valence-corrected chi connectivity index (χ0v) is 12.0. The van der Waals surface area contributed by atoms with Gasteiger partial charge in [-0.2, -0.15) is 0 Å². The van der Waals surface area contributed by atoms with Gasteiger partial charge in [-0.1, -0.05) is 12.1 Å². The Kier molecular flexibility index (Phi) is 5.12. The number of nitrogens with zero attached hydrogens (tertiary/aromatic N) is 1. The van der Waals surface area contributed by atoms with Gasteiger partial charge in [-0.05, 0) is 50.3 Å². The average Bonchev–Trinajstić information content (AvgIpc) is 3.21. The maximum Gasteiger partial charge on any atom is 0.222 e. The van der Waals surface area contributed by atoms with Crippen molar-refractivity contribution in [3.8, 4) is 0 Å². The van der Waals surface area contributed by atoms with E-state index < -0.39 is 0 Å². The Morgan fingerprint density at radius 3 is 2.85 bits per heavy atom. The van der Waals surface area contributed by atoms with E-state index in [0.717, 1.165) is 24.8 Å². The smallest absolute Gasteiger partial charge is 0.222 e. The highest BCUT2D eigenvalue weighted by atomic mass is 19.1. The molecule has 1 atom stereocenters. The van der Waals surface area contributed by atoms with Crippen LogP contribution < -0.4 is 5.73 Å². The summed E-state index contributed by atoms with van der Waals surface area (Å²) in [4.78, 5) is 14.2. The Hall–Kier alpha value is -1.42. The predicted molar refractivity (Wildman–Crippen MR) is 77.7 cm³/mol. The molecule has 110 valence electrons. The first-order chi connectivity index (χ1) is 9.56. The number of carbonyl (C=O) groups excluding carboxylic acids is 1. The second kappa shape index (κ2) is 6.84. The van der Waals surface area contributed by atoms with Gasteiger partial charge in [0, 0.05) is 25.0 Å². The molecule has 0 bridgehead atoms. The minimum Gasteiger partial charge on any atom is -0.339 e. The van der Waals surface area contributed by atoms with Gasteiger partial charge in [-0.3, -0.25) is 4.79 Å². The SMILES string of the molecule is CC(N)CCC(=O)N(CCc1cccc(F)c1)C1CC1. The Balaban J connectivity index is 1.87. The quantitative estimate of drug-likeness (QED) is 0.833. The number of halogens is 1. The third-order valence-corrected chi connectivity index (χ3v) is 3.65. The molecular weight excluding hydrogens is 255 g/mol. The van der Waals surface area contributed by atoms with Crippen molar-refractivity contribution in [1.29, 1.82) is 0 Å². The molecule has 1 aromatic rings. The number of benzene rings is 1. The van der Waals surface area contributed by atoms with Crippen molar-refractivity contribution >= 4 is 5.91 Å². The van der Waals surface area contributed by atoms with Crippen LogP contribution in [0.1, 0.15) is 38.2 Å². The van der Waals surface area contributed by atoms with Crippen LogP contribution in [-0.2, 0) is 11.2 Å². The summed E-state index contributed by atoms with van der Waals surface area (Å²) in [6.07, 6.45) is 4.12. The molecule has 0 saturated heterocycles. The lowest BCUT2D eigenvalue weighted by Crippen LogP contribution is -2.35. The van der Waals surface area contributed by atoms with Crippen LogP contribution in [0.3, 0.4) is 0 Å². The van der Waals surface area contributed by atoms with Crippen LogP contribution in [0.25, 0.3) is 0 Å². The fourth-order valence-electron chi connectivity index (χ4n) is 2.33. The van der Waals surface area contributed by atoms with Gasteiger partial charge in [0.2, 0.25) is 5.91 Å². The largest absolute Gasteiger partial charge is 0.339 e. The van der Waals surface area contributed by atoms with E-state index in [1.165, 1.54) is 12.1 Å². The second-order valence-corrected chi connectivity index (χ2v) is 5.71. The standard InChI is InChI=1S/C16H23FN2O/c1-12(18)5-8-16(20)19(15-6-7-15)10-9-13-3-2-4-14(17)11-13/h2-4,11-12,15H,5-10,18H2,1H3. The van der Waals surface area contributed by atoms with Crippen LogP contribution in [-0.4, -0.2) is 29.4 Å². The molecule has 0 heterocycles. The van der Waals surface area contributed by atoms with Crippen LogP contribution in [0.2, 0.25) is 0 Å². The Morgan fingerprint density at radius 2 is 2.25 bits per heavy atom. The molecule has 1 saturated carbocycles. The van der Waals surface area contributed by atoms with Crippen LogP contribution in [0.4, 0.5) is 4.39 Å². The summed E-state index contributed by atoms with van der Waals surface area (Å²) < 4.78 is 13.1. The topological polar surface area (TPSA) is 46.3 Å². The maximum absolute atomic E-state index is 13.1. The van der Waals surface area contributed by atoms with E-state index in [1.54, 1.807) is 6.07 Å². The van der Waals surface area contributed by atoms with Gasteiger partial charge >= 0.3 is 0 Å². The van der Waals surface area contributed by atoms with E-state index >= 15 is 0 Å². The molecule has 0 aliphatic heterocycles. The number of rotatable bonds is 7. The molecule has 2 rings (SSSR count). The molecule has 1 aliphatic rings. The number of nitrogens with two attached hydrogens (primary N) is 1. The van der Waals surface area contributed by atoms with E-state index in [2.05, 4.69) is 0 Å². The summed E-state index contributed by atoms with van der Waals surface area (Å²) in [5.74, 6) is -0.0371. The molecule has 1 unspecified atom stereocenters. The van der Waals surface area contributed by atoms with Gasteiger partial charge in [0.25, 0.3) is 0 Å². The van der Waals surface area contributed by atoms with Crippen molar-refractivity contribution < 1.29 is 9.18 Å². The molecule has 1 aliphatic carbocycles. The van der Waals surface area contributed by atoms with Crippen molar-refractivity contribution in [2.24, 2.45) is 5.73 Å². The predicted octanol–water partition coefficient (Wildman–Crippen LogP) is 2.49. The highest BCUT2D eigenvalue weighted by Gasteiger charge is 2.31. The van der Waals surface area contributed by atoms with Gasteiger partial charge in [-0.25, -0.2) is 4.39 Å². The van der Waals surface area contributed by atoms with Crippen molar-refractivity contribution in [2.45, 2.75) is 51.1 Å². The van der Waals surface area contributed by atoms with Gasteiger partial charge in [-0.15, -0.1) is 0 Å². The summed E-state index contributed by atoms with van der Waals surface area (Å²) in [6, 6.07) is 7.05. The molecule has 0 aromatic heterocycles. The molecule has 1 aromatic carbocycles. The molecule has 1 fully saturated rings. The monoisotopic (exact) mass is 278 g/mol. The molecule has 4 heteroatoms. The van der Waals surface area contributed by atoms with Gasteiger partial charge < -0.3 is 10.6 Å². The van der Waals surface area contributed by atoms with Crippen LogP contribution in [0.5, 0.6) is 0 Å². The van der Waals surface area contributed by atoms with E-state index in [4.69, 9.17) is 5.73 Å². The third kappa shape index (κ3) is 4.60. The molecule has 3 nitrogen and oxygen atoms in total. The van der Waals surface area contributed by atoms with Crippen LogP contribution >= 0.6 is 0 Å². The lowest BCUT2D eigenvalue weighted by atomic mass is 10.1. The highest BCUT2D eigenvalue weighted by Crippen LogP contribution is 2.28. The number of hydrogen-bond donors (Lipinski definition) is 1. The number of hydrogen-bond acceptors (Lipinski definition) is 2. The van der Waals surface area contributed by atoms with E-state index in [9.17, 15) is 9.18 Å². The molecule has 2 N–H and O–H groups in total. The normalized spacial score (nSPS) is 15.9. The second-order valence-electron chi connectivity index (χ2n) is 5.71. The van der Waals surface area contributed by atoms with E-state index in [-0.39, 0.29) is 17.8 Å². The lowest BCUT2D eigenvalue weighted by Gasteiger charge is -2.23. The summed E-state index contributed by atoms with van der Waals surface area (Å²) in [5.41, 5.74) is 6.64. The van der Waals surface area contributed by atoms with Crippen LogP contribution in [0.15, 0.2) is 24.3 Å². The van der Waals surface area contributed by atoms with E-state index in [1.807, 2.05) is 17.9 Å². The summed E-state index contributed by atoms with van der Waals surface area (Å²) >= 11 is 0. The van der Waals surface area contributed by atoms with Crippen molar-refractivity contribution in [3.63, 3.8) is 0 Å². The van der Waals surface area contributed by atoms with Crippen LogP contribution in [0, 0.1) is 5.82 Å². The zero-order valence-electron chi connectivity index (χ0n) is 12.0. The number of amides is 1. The summed E-state index contributed by atoms with van der Waals surface area (Å²) in [5, 5.41) is 0. The maximum atomic E-state index is 13.1. The fraction of sp³-hybridized carbons (Fsp3) is 0.562. The Bertz CT molecular complexity index is 458. The Labute approximate surface area is 120 Å². The Morgan fingerprint density at radius 1 is 1.50 bits per heavy atom. The van der Waals surface area contributed by atoms with Crippen molar-refractivity contribution in [2.75, 3.05) is 6.54 Å². The summed E-state index contributed by atoms with van der Waals surface area (Å²) in [6.45, 7) is 2.59. The first-order valence-corrected chi connectivity index (χ1v) is 7.36. The zero-order chi connectivity index (χ0) is 14.5. The van der Waals surface area contributed by atoms with E-state index in [0.29, 0.717) is 25.4 Å². The molecule has 0 spiro atoms. The van der Waals surface area contributed by atoms with Crippen molar-refractivity contribution in [3.05, 3.63) is 35.6 Å². The first kappa shape index (κ1) is 15.0. The van der Waals surface area contributed by atoms with Gasteiger partial charge in [0.05, 0.1) is 0 Å².